The van der Waals surface area contributed by atoms with Gasteiger partial charge in [0.05, 0.1) is 11.1 Å². The second-order valence-corrected chi connectivity index (χ2v) is 6.12. The largest absolute Gasteiger partial charge is 0.354 e. The van der Waals surface area contributed by atoms with Gasteiger partial charge in [0.15, 0.2) is 0 Å². The van der Waals surface area contributed by atoms with Crippen LogP contribution in [0.1, 0.15) is 6.92 Å². The molecule has 0 atom stereocenters. The van der Waals surface area contributed by atoms with E-state index in [1.165, 1.54) is 17.4 Å². The molecule has 7 heteroatoms. The van der Waals surface area contributed by atoms with Crippen molar-refractivity contribution in [2.75, 3.05) is 17.2 Å². The highest BCUT2D eigenvalue weighted by Crippen LogP contribution is 2.30. The normalized spacial score (nSPS) is 10.8. The van der Waals surface area contributed by atoms with Crippen LogP contribution >= 0.6 is 27.3 Å². The molecule has 2 heterocycles. The number of thiophene rings is 1. The zero-order valence-electron chi connectivity index (χ0n) is 11.2. The molecule has 0 amide bonds. The molecular weight excluding hydrogens is 355 g/mol. The van der Waals surface area contributed by atoms with Crippen molar-refractivity contribution in [2.24, 2.45) is 0 Å². The number of hydrogen-bond acceptors (Lipinski definition) is 5. The van der Waals surface area contributed by atoms with Crippen LogP contribution in [0.15, 0.2) is 34.1 Å². The Morgan fingerprint density at radius 2 is 2.14 bits per heavy atom. The van der Waals surface area contributed by atoms with Crippen molar-refractivity contribution in [3.05, 3.63) is 39.9 Å². The number of aromatic nitrogens is 2. The van der Waals surface area contributed by atoms with Crippen LogP contribution in [-0.2, 0) is 0 Å². The lowest BCUT2D eigenvalue weighted by molar-refractivity contribution is 0.631. The minimum atomic E-state index is -0.329. The number of hydrogen-bond donors (Lipinski definition) is 2. The van der Waals surface area contributed by atoms with Gasteiger partial charge in [-0.2, -0.15) is 4.98 Å². The minimum Gasteiger partial charge on any atom is -0.354 e. The first-order valence-electron chi connectivity index (χ1n) is 6.38. The SMILES string of the molecule is CCNc1nc(Nc2cc(Br)ccc2F)c2ccsc2n1. The Bertz CT molecular complexity index is 790. The molecule has 3 rings (SSSR count). The topological polar surface area (TPSA) is 49.8 Å². The zero-order valence-corrected chi connectivity index (χ0v) is 13.6. The molecule has 2 N–H and O–H groups in total. The molecule has 0 aliphatic heterocycles. The average molecular weight is 367 g/mol. The van der Waals surface area contributed by atoms with E-state index in [2.05, 4.69) is 36.5 Å². The summed E-state index contributed by atoms with van der Waals surface area (Å²) in [6, 6.07) is 6.67. The van der Waals surface area contributed by atoms with Crippen LogP contribution in [0.5, 0.6) is 0 Å². The zero-order chi connectivity index (χ0) is 14.8. The summed E-state index contributed by atoms with van der Waals surface area (Å²) in [4.78, 5) is 9.70. The van der Waals surface area contributed by atoms with Crippen molar-refractivity contribution in [3.8, 4) is 0 Å². The van der Waals surface area contributed by atoms with Gasteiger partial charge in [0.1, 0.15) is 16.5 Å². The number of halogens is 2. The summed E-state index contributed by atoms with van der Waals surface area (Å²) < 4.78 is 14.7. The second-order valence-electron chi connectivity index (χ2n) is 4.31. The van der Waals surface area contributed by atoms with Gasteiger partial charge in [0.2, 0.25) is 5.95 Å². The van der Waals surface area contributed by atoms with Crippen LogP contribution < -0.4 is 10.6 Å². The summed E-state index contributed by atoms with van der Waals surface area (Å²) in [5.41, 5.74) is 0.373. The van der Waals surface area contributed by atoms with E-state index in [4.69, 9.17) is 0 Å². The molecule has 0 unspecified atom stereocenters. The second kappa shape index (κ2) is 5.95. The molecule has 0 saturated carbocycles. The number of nitrogens with one attached hydrogen (secondary N) is 2. The molecule has 0 saturated heterocycles. The molecule has 0 aliphatic carbocycles. The van der Waals surface area contributed by atoms with E-state index in [0.717, 1.165) is 21.2 Å². The predicted molar refractivity (Wildman–Crippen MR) is 89.0 cm³/mol. The molecule has 0 fully saturated rings. The van der Waals surface area contributed by atoms with Gasteiger partial charge in [-0.3, -0.25) is 0 Å². The van der Waals surface area contributed by atoms with Crippen LogP contribution in [0.3, 0.4) is 0 Å². The van der Waals surface area contributed by atoms with Gasteiger partial charge in [-0.1, -0.05) is 15.9 Å². The molecule has 21 heavy (non-hydrogen) atoms. The molecule has 3 aromatic rings. The highest BCUT2D eigenvalue weighted by Gasteiger charge is 2.11. The summed E-state index contributed by atoms with van der Waals surface area (Å²) in [6.07, 6.45) is 0. The fourth-order valence-corrected chi connectivity index (χ4v) is 3.03. The molecular formula is C14H12BrFN4S. The van der Waals surface area contributed by atoms with Crippen molar-refractivity contribution in [1.82, 2.24) is 9.97 Å². The number of benzene rings is 1. The Kier molecular flexibility index (Phi) is 4.03. The Morgan fingerprint density at radius 1 is 1.29 bits per heavy atom. The van der Waals surface area contributed by atoms with Crippen molar-refractivity contribution in [3.63, 3.8) is 0 Å². The van der Waals surface area contributed by atoms with Crippen molar-refractivity contribution in [2.45, 2.75) is 6.92 Å². The third-order valence-corrected chi connectivity index (χ3v) is 4.14. The van der Waals surface area contributed by atoms with Crippen LogP contribution in [0.4, 0.5) is 21.8 Å². The number of anilines is 3. The van der Waals surface area contributed by atoms with E-state index in [9.17, 15) is 4.39 Å². The summed E-state index contributed by atoms with van der Waals surface area (Å²) >= 11 is 4.87. The summed E-state index contributed by atoms with van der Waals surface area (Å²) in [5, 5.41) is 8.95. The number of nitrogens with zero attached hydrogens (tertiary/aromatic N) is 2. The summed E-state index contributed by atoms with van der Waals surface area (Å²) in [5.74, 6) is 0.796. The number of fused-ring (bicyclic) bond motifs is 1. The van der Waals surface area contributed by atoms with Crippen LogP contribution in [0, 0.1) is 5.82 Å². The molecule has 1 aromatic carbocycles. The van der Waals surface area contributed by atoms with E-state index < -0.39 is 0 Å². The lowest BCUT2D eigenvalue weighted by Crippen LogP contribution is -2.05. The van der Waals surface area contributed by atoms with Crippen LogP contribution in [0.2, 0.25) is 0 Å². The third kappa shape index (κ3) is 2.98. The maximum atomic E-state index is 13.9. The van der Waals surface area contributed by atoms with Gasteiger partial charge < -0.3 is 10.6 Å². The molecule has 4 nitrogen and oxygen atoms in total. The summed E-state index contributed by atoms with van der Waals surface area (Å²) in [7, 11) is 0. The van der Waals surface area contributed by atoms with Crippen molar-refractivity contribution < 1.29 is 4.39 Å². The lowest BCUT2D eigenvalue weighted by atomic mass is 10.3. The maximum absolute atomic E-state index is 13.9. The smallest absolute Gasteiger partial charge is 0.226 e. The minimum absolute atomic E-state index is 0.329. The lowest BCUT2D eigenvalue weighted by Gasteiger charge is -2.10. The van der Waals surface area contributed by atoms with Gasteiger partial charge in [-0.25, -0.2) is 9.37 Å². The third-order valence-electron chi connectivity index (χ3n) is 2.84. The fourth-order valence-electron chi connectivity index (χ4n) is 1.91. The van der Waals surface area contributed by atoms with Gasteiger partial charge in [0.25, 0.3) is 0 Å². The van der Waals surface area contributed by atoms with E-state index in [1.807, 2.05) is 18.4 Å². The average Bonchev–Trinajstić information content (AvgIpc) is 2.92. The van der Waals surface area contributed by atoms with Gasteiger partial charge in [0, 0.05) is 11.0 Å². The molecule has 0 spiro atoms. The Hall–Kier alpha value is -1.73. The fraction of sp³-hybridized carbons (Fsp3) is 0.143. The first kappa shape index (κ1) is 14.2. The molecule has 0 radical (unpaired) electrons. The van der Waals surface area contributed by atoms with Crippen molar-refractivity contribution >= 4 is 54.9 Å². The molecule has 0 aliphatic rings. The quantitative estimate of drug-likeness (QED) is 0.698. The van der Waals surface area contributed by atoms with E-state index in [0.29, 0.717) is 17.5 Å². The highest BCUT2D eigenvalue weighted by molar-refractivity contribution is 9.10. The van der Waals surface area contributed by atoms with Gasteiger partial charge in [-0.05, 0) is 36.6 Å². The Balaban J connectivity index is 2.06. The monoisotopic (exact) mass is 366 g/mol. The molecule has 2 aromatic heterocycles. The molecule has 0 bridgehead atoms. The Labute approximate surface area is 133 Å². The highest BCUT2D eigenvalue weighted by atomic mass is 79.9. The first-order chi connectivity index (χ1) is 10.2. The Morgan fingerprint density at radius 3 is 2.95 bits per heavy atom. The molecule has 108 valence electrons. The van der Waals surface area contributed by atoms with E-state index >= 15 is 0 Å². The van der Waals surface area contributed by atoms with Crippen LogP contribution in [0.25, 0.3) is 10.2 Å². The first-order valence-corrected chi connectivity index (χ1v) is 8.06. The standard InChI is InChI=1S/C14H12BrFN4S/c1-2-17-14-19-12(9-5-6-21-13(9)20-14)18-11-7-8(15)3-4-10(11)16/h3-7H,2H2,1H3,(H2,17,18,19,20). The number of rotatable bonds is 4. The van der Waals surface area contributed by atoms with E-state index in [1.54, 1.807) is 12.1 Å². The van der Waals surface area contributed by atoms with E-state index in [-0.39, 0.29) is 5.82 Å². The summed E-state index contributed by atoms with van der Waals surface area (Å²) in [6.45, 7) is 2.70. The van der Waals surface area contributed by atoms with Crippen molar-refractivity contribution in [1.29, 1.82) is 0 Å². The maximum Gasteiger partial charge on any atom is 0.226 e. The van der Waals surface area contributed by atoms with Crippen LogP contribution in [-0.4, -0.2) is 16.5 Å². The predicted octanol–water partition coefficient (Wildman–Crippen LogP) is 4.77. The van der Waals surface area contributed by atoms with Gasteiger partial charge in [-0.15, -0.1) is 11.3 Å². The van der Waals surface area contributed by atoms with Gasteiger partial charge >= 0.3 is 0 Å².